The Bertz CT molecular complexity index is 569. The maximum atomic E-state index is 12.0. The average molecular weight is 302 g/mol. The molecule has 2 aliphatic rings. The molecule has 0 unspecified atom stereocenters. The van der Waals surface area contributed by atoms with Crippen LogP contribution in [0.5, 0.6) is 0 Å². The molecule has 3 N–H and O–H groups in total. The highest BCUT2D eigenvalue weighted by atomic mass is 16.3. The van der Waals surface area contributed by atoms with Crippen molar-refractivity contribution in [2.24, 2.45) is 5.92 Å². The molecule has 0 heterocycles. The third-order valence-corrected chi connectivity index (χ3v) is 4.35. The summed E-state index contributed by atoms with van der Waals surface area (Å²) in [7, 11) is 0. The lowest BCUT2D eigenvalue weighted by Gasteiger charge is -2.18. The Kier molecular flexibility index (Phi) is 4.43. The van der Waals surface area contributed by atoms with Crippen LogP contribution in [0.25, 0.3) is 0 Å². The van der Waals surface area contributed by atoms with E-state index in [4.69, 9.17) is 0 Å². The fourth-order valence-electron chi connectivity index (χ4n) is 2.94. The Morgan fingerprint density at radius 2 is 2.00 bits per heavy atom. The summed E-state index contributed by atoms with van der Waals surface area (Å²) in [6.45, 7) is 0.534. The van der Waals surface area contributed by atoms with Gasteiger partial charge in [0.05, 0.1) is 12.1 Å². The first-order valence-electron chi connectivity index (χ1n) is 7.98. The van der Waals surface area contributed by atoms with E-state index in [1.807, 2.05) is 24.3 Å². The molecule has 0 radical (unpaired) electrons. The molecular formula is C17H22N2O3. The number of hydrogen-bond donors (Lipinski definition) is 3. The predicted molar refractivity (Wildman–Crippen MR) is 82.0 cm³/mol. The monoisotopic (exact) mass is 302 g/mol. The first kappa shape index (κ1) is 15.0. The van der Waals surface area contributed by atoms with Gasteiger partial charge in [-0.2, -0.15) is 0 Å². The molecule has 5 heteroatoms. The Morgan fingerprint density at radius 3 is 2.77 bits per heavy atom. The summed E-state index contributed by atoms with van der Waals surface area (Å²) in [5, 5.41) is 15.9. The molecule has 1 fully saturated rings. The Hall–Kier alpha value is -1.88. The van der Waals surface area contributed by atoms with Gasteiger partial charge in [-0.15, -0.1) is 0 Å². The lowest BCUT2D eigenvalue weighted by Crippen LogP contribution is -2.34. The Balaban J connectivity index is 1.42. The van der Waals surface area contributed by atoms with Crippen LogP contribution < -0.4 is 10.6 Å². The first-order valence-corrected chi connectivity index (χ1v) is 7.98. The van der Waals surface area contributed by atoms with Crippen LogP contribution in [0.4, 0.5) is 0 Å². The van der Waals surface area contributed by atoms with Gasteiger partial charge in [0.25, 0.3) is 0 Å². The van der Waals surface area contributed by atoms with E-state index in [-0.39, 0.29) is 23.8 Å². The number of benzene rings is 1. The lowest BCUT2D eigenvalue weighted by molar-refractivity contribution is -0.124. The van der Waals surface area contributed by atoms with Crippen LogP contribution in [0.2, 0.25) is 0 Å². The summed E-state index contributed by atoms with van der Waals surface area (Å²) in [6, 6.07) is 7.48. The predicted octanol–water partition coefficient (Wildman–Crippen LogP) is 1.07. The number of carbonyl (C=O) groups is 2. The van der Waals surface area contributed by atoms with Crippen molar-refractivity contribution in [2.75, 3.05) is 6.54 Å². The summed E-state index contributed by atoms with van der Waals surface area (Å²) in [5.74, 6) is 0.237. The second-order valence-corrected chi connectivity index (χ2v) is 6.18. The third-order valence-electron chi connectivity index (χ3n) is 4.35. The van der Waals surface area contributed by atoms with Gasteiger partial charge in [-0.05, 0) is 30.4 Å². The molecule has 0 spiro atoms. The van der Waals surface area contributed by atoms with Gasteiger partial charge in [0.1, 0.15) is 0 Å². The van der Waals surface area contributed by atoms with Gasteiger partial charge in [0.2, 0.25) is 11.8 Å². The minimum absolute atomic E-state index is 0.0820. The van der Waals surface area contributed by atoms with Crippen molar-refractivity contribution in [1.82, 2.24) is 10.6 Å². The minimum Gasteiger partial charge on any atom is -0.390 e. The lowest BCUT2D eigenvalue weighted by atomic mass is 10.1. The molecule has 3 rings (SSSR count). The van der Waals surface area contributed by atoms with Crippen molar-refractivity contribution in [3.63, 3.8) is 0 Å². The number of fused-ring (bicyclic) bond motifs is 1. The van der Waals surface area contributed by atoms with Crippen LogP contribution in [-0.4, -0.2) is 29.6 Å². The van der Waals surface area contributed by atoms with E-state index in [9.17, 15) is 14.7 Å². The summed E-state index contributed by atoms with van der Waals surface area (Å²) >= 11 is 0. The molecule has 0 aromatic heterocycles. The highest BCUT2D eigenvalue weighted by Gasteiger charge is 2.32. The maximum absolute atomic E-state index is 12.0. The molecule has 0 saturated heterocycles. The maximum Gasteiger partial charge on any atom is 0.223 e. The van der Waals surface area contributed by atoms with Crippen molar-refractivity contribution in [3.05, 3.63) is 35.4 Å². The molecule has 0 bridgehead atoms. The van der Waals surface area contributed by atoms with Gasteiger partial charge in [-0.1, -0.05) is 24.3 Å². The summed E-state index contributed by atoms with van der Waals surface area (Å²) in [5.41, 5.74) is 2.10. The quantitative estimate of drug-likeness (QED) is 0.688. The van der Waals surface area contributed by atoms with Crippen molar-refractivity contribution >= 4 is 11.8 Å². The number of carbonyl (C=O) groups excluding carboxylic acids is 2. The van der Waals surface area contributed by atoms with Crippen molar-refractivity contribution in [2.45, 2.75) is 44.2 Å². The molecule has 0 aliphatic heterocycles. The van der Waals surface area contributed by atoms with Crippen LogP contribution in [0.1, 0.15) is 42.9 Å². The number of nitrogens with one attached hydrogen (secondary N) is 2. The average Bonchev–Trinajstić information content (AvgIpc) is 3.30. The van der Waals surface area contributed by atoms with Gasteiger partial charge in [-0.25, -0.2) is 0 Å². The van der Waals surface area contributed by atoms with Crippen LogP contribution in [0.15, 0.2) is 24.3 Å². The van der Waals surface area contributed by atoms with Crippen molar-refractivity contribution in [1.29, 1.82) is 0 Å². The summed E-state index contributed by atoms with van der Waals surface area (Å²) < 4.78 is 0. The molecule has 1 saturated carbocycles. The number of amides is 2. The van der Waals surface area contributed by atoms with Crippen LogP contribution in [0.3, 0.4) is 0 Å². The van der Waals surface area contributed by atoms with E-state index in [0.29, 0.717) is 25.8 Å². The van der Waals surface area contributed by atoms with Gasteiger partial charge < -0.3 is 15.7 Å². The fourth-order valence-corrected chi connectivity index (χ4v) is 2.94. The van der Waals surface area contributed by atoms with E-state index in [0.717, 1.165) is 24.0 Å². The van der Waals surface area contributed by atoms with Crippen molar-refractivity contribution in [3.8, 4) is 0 Å². The van der Waals surface area contributed by atoms with Gasteiger partial charge in [0.15, 0.2) is 0 Å². The second-order valence-electron chi connectivity index (χ2n) is 6.18. The molecule has 22 heavy (non-hydrogen) atoms. The number of aliphatic hydroxyl groups is 1. The van der Waals surface area contributed by atoms with Gasteiger partial charge in [-0.3, -0.25) is 9.59 Å². The highest BCUT2D eigenvalue weighted by molar-refractivity contribution is 5.81. The molecule has 5 nitrogen and oxygen atoms in total. The van der Waals surface area contributed by atoms with Crippen LogP contribution in [-0.2, 0) is 16.0 Å². The normalized spacial score (nSPS) is 23.0. The van der Waals surface area contributed by atoms with Gasteiger partial charge >= 0.3 is 0 Å². The summed E-state index contributed by atoms with van der Waals surface area (Å²) in [6.07, 6.45) is 2.98. The number of aliphatic hydroxyl groups excluding tert-OH is 1. The van der Waals surface area contributed by atoms with Gasteiger partial charge in [0, 0.05) is 25.3 Å². The van der Waals surface area contributed by atoms with E-state index >= 15 is 0 Å². The smallest absolute Gasteiger partial charge is 0.223 e. The first-order chi connectivity index (χ1) is 10.6. The zero-order valence-electron chi connectivity index (χ0n) is 12.5. The zero-order valence-corrected chi connectivity index (χ0v) is 12.5. The van der Waals surface area contributed by atoms with E-state index in [2.05, 4.69) is 10.6 Å². The van der Waals surface area contributed by atoms with Crippen molar-refractivity contribution < 1.29 is 14.7 Å². The SMILES string of the molecule is O=C(CCCNC(=O)C1CC1)N[C@H]1c2ccccc2C[C@H]1O. The molecule has 1 aromatic rings. The topological polar surface area (TPSA) is 78.4 Å². The van der Waals surface area contributed by atoms with Crippen LogP contribution in [0, 0.1) is 5.92 Å². The molecule has 1 aromatic carbocycles. The van der Waals surface area contributed by atoms with E-state index in [1.165, 1.54) is 0 Å². The minimum atomic E-state index is -0.559. The number of rotatable bonds is 6. The molecule has 2 amide bonds. The molecule has 118 valence electrons. The Labute approximate surface area is 130 Å². The second kappa shape index (κ2) is 6.48. The third kappa shape index (κ3) is 3.47. The summed E-state index contributed by atoms with van der Waals surface area (Å²) in [4.78, 5) is 23.5. The number of hydrogen-bond acceptors (Lipinski definition) is 3. The van der Waals surface area contributed by atoms with E-state index in [1.54, 1.807) is 0 Å². The molecular weight excluding hydrogens is 280 g/mol. The fraction of sp³-hybridized carbons (Fsp3) is 0.529. The Morgan fingerprint density at radius 1 is 1.23 bits per heavy atom. The zero-order chi connectivity index (χ0) is 15.5. The molecule has 2 atom stereocenters. The van der Waals surface area contributed by atoms with Crippen LogP contribution >= 0.6 is 0 Å². The standard InChI is InChI=1S/C17H22N2O3/c20-14-10-12-4-1-2-5-13(12)16(14)19-15(21)6-3-9-18-17(22)11-7-8-11/h1-2,4-5,11,14,16,20H,3,6-10H2,(H,18,22)(H,19,21)/t14-,16+/m1/s1. The largest absolute Gasteiger partial charge is 0.390 e. The molecule has 2 aliphatic carbocycles. The highest BCUT2D eigenvalue weighted by Crippen LogP contribution is 2.31. The van der Waals surface area contributed by atoms with E-state index < -0.39 is 6.10 Å².